The summed E-state index contributed by atoms with van der Waals surface area (Å²) in [7, 11) is 0. The van der Waals surface area contributed by atoms with Crippen molar-refractivity contribution in [2.24, 2.45) is 0 Å². The van der Waals surface area contributed by atoms with Crippen molar-refractivity contribution in [3.05, 3.63) is 112 Å². The third-order valence-corrected chi connectivity index (χ3v) is 6.39. The minimum atomic E-state index is -2.62. The molecule has 0 aromatic heterocycles. The topological polar surface area (TPSA) is 17.1 Å². The van der Waals surface area contributed by atoms with E-state index >= 15 is 0 Å². The molecule has 0 saturated carbocycles. The number of carbonyl (C=O) groups excluding carboxylic acids is 1. The summed E-state index contributed by atoms with van der Waals surface area (Å²) in [6, 6.07) is 12.9. The Morgan fingerprint density at radius 2 is 0.921 bits per heavy atom. The molecule has 0 amide bonds. The second-order valence-electron chi connectivity index (χ2n) is 8.05. The molecule has 11 heteroatoms. The summed E-state index contributed by atoms with van der Waals surface area (Å²) in [6.45, 7) is 1.42. The lowest BCUT2D eigenvalue weighted by molar-refractivity contribution is -0.109. The molecule has 0 N–H and O–H groups in total. The van der Waals surface area contributed by atoms with Crippen LogP contribution in [0.1, 0.15) is 18.1 Å². The first kappa shape index (κ1) is 27.3. The third kappa shape index (κ3) is 4.90. The highest BCUT2D eigenvalue weighted by atomic mass is 32.2. The number of hydrogen-bond donors (Lipinski definition) is 0. The second-order valence-corrected chi connectivity index (χ2v) is 9.30. The van der Waals surface area contributed by atoms with Gasteiger partial charge in [0, 0.05) is 23.8 Å². The fourth-order valence-electron chi connectivity index (χ4n) is 3.78. The van der Waals surface area contributed by atoms with Gasteiger partial charge in [-0.25, -0.2) is 39.5 Å². The molecule has 0 radical (unpaired) electrons. The monoisotopic (exact) mass is 556 g/mol. The first-order chi connectivity index (χ1) is 17.9. The van der Waals surface area contributed by atoms with Gasteiger partial charge in [-0.3, -0.25) is 4.79 Å². The van der Waals surface area contributed by atoms with Crippen LogP contribution in [0.25, 0.3) is 22.3 Å². The van der Waals surface area contributed by atoms with Gasteiger partial charge in [-0.1, -0.05) is 48.2 Å². The van der Waals surface area contributed by atoms with Gasteiger partial charge in [0.2, 0.25) is 5.82 Å². The van der Waals surface area contributed by atoms with Crippen molar-refractivity contribution in [3.63, 3.8) is 0 Å². The van der Waals surface area contributed by atoms with Gasteiger partial charge in [0.15, 0.2) is 51.7 Å². The predicted molar refractivity (Wildman–Crippen MR) is 123 cm³/mol. The van der Waals surface area contributed by atoms with Gasteiger partial charge in [-0.2, -0.15) is 0 Å². The predicted octanol–water partition coefficient (Wildman–Crippen LogP) is 8.50. The minimum absolute atomic E-state index is 0.0882. The summed E-state index contributed by atoms with van der Waals surface area (Å²) in [5.41, 5.74) is -3.72. The summed E-state index contributed by atoms with van der Waals surface area (Å²) in [5.74, 6) is -21.7. The quantitative estimate of drug-likeness (QED) is 0.106. The zero-order valence-electron chi connectivity index (χ0n) is 19.0. The standard InChI is InChI=1S/C27H13F9OS/c1-11(37)38-15-8-6-14(7-9-15)13-4-2-12(3-5-13)10-16-19(28)21(30)17(22(31)20(16)29)18-23(32)25(34)27(36)26(35)24(18)33/h2-9H,10H2,1H3. The van der Waals surface area contributed by atoms with E-state index in [-0.39, 0.29) is 10.7 Å². The highest BCUT2D eigenvalue weighted by Crippen LogP contribution is 2.38. The number of hydrogen-bond acceptors (Lipinski definition) is 2. The SMILES string of the molecule is CC(=O)Sc1ccc(-c2ccc(Cc3c(F)c(F)c(-c4c(F)c(F)c(F)c(F)c4F)c(F)c3F)cc2)cc1. The molecule has 38 heavy (non-hydrogen) atoms. The van der Waals surface area contributed by atoms with E-state index in [0.717, 1.165) is 22.2 Å². The molecular weight excluding hydrogens is 543 g/mol. The fourth-order valence-corrected chi connectivity index (χ4v) is 4.38. The van der Waals surface area contributed by atoms with Crippen molar-refractivity contribution in [2.45, 2.75) is 18.2 Å². The lowest BCUT2D eigenvalue weighted by Gasteiger charge is -2.14. The Morgan fingerprint density at radius 1 is 0.553 bits per heavy atom. The number of carbonyl (C=O) groups is 1. The first-order valence-corrected chi connectivity index (χ1v) is 11.5. The molecule has 0 spiro atoms. The molecule has 4 aromatic rings. The summed E-state index contributed by atoms with van der Waals surface area (Å²) in [4.78, 5) is 11.9. The molecule has 0 saturated heterocycles. The Bertz CT molecular complexity index is 1510. The van der Waals surface area contributed by atoms with E-state index in [1.54, 1.807) is 36.4 Å². The van der Waals surface area contributed by atoms with Gasteiger partial charge < -0.3 is 0 Å². The van der Waals surface area contributed by atoms with Crippen LogP contribution < -0.4 is 0 Å². The van der Waals surface area contributed by atoms with Crippen LogP contribution in [0, 0.1) is 52.4 Å². The van der Waals surface area contributed by atoms with Crippen molar-refractivity contribution < 1.29 is 44.3 Å². The van der Waals surface area contributed by atoms with E-state index in [9.17, 15) is 44.3 Å². The van der Waals surface area contributed by atoms with Gasteiger partial charge in [0.1, 0.15) is 0 Å². The van der Waals surface area contributed by atoms with Gasteiger partial charge in [0.25, 0.3) is 0 Å². The van der Waals surface area contributed by atoms with Gasteiger partial charge >= 0.3 is 0 Å². The van der Waals surface area contributed by atoms with Gasteiger partial charge in [-0.05, 0) is 28.8 Å². The maximum atomic E-state index is 14.8. The van der Waals surface area contributed by atoms with E-state index < -0.39 is 75.5 Å². The summed E-state index contributed by atoms with van der Waals surface area (Å²) in [6.07, 6.45) is -0.697. The number of halogens is 9. The number of rotatable bonds is 5. The summed E-state index contributed by atoms with van der Waals surface area (Å²) < 4.78 is 128. The molecule has 0 atom stereocenters. The molecular formula is C27H13F9OS. The zero-order valence-corrected chi connectivity index (χ0v) is 19.9. The van der Waals surface area contributed by atoms with Crippen molar-refractivity contribution in [3.8, 4) is 22.3 Å². The highest BCUT2D eigenvalue weighted by molar-refractivity contribution is 8.13. The Hall–Kier alpha value is -3.73. The minimum Gasteiger partial charge on any atom is -0.287 e. The zero-order chi connectivity index (χ0) is 27.9. The molecule has 4 rings (SSSR count). The maximum Gasteiger partial charge on any atom is 0.200 e. The van der Waals surface area contributed by atoms with Crippen LogP contribution in [0.5, 0.6) is 0 Å². The third-order valence-electron chi connectivity index (χ3n) is 5.60. The van der Waals surface area contributed by atoms with Crippen LogP contribution in [0.15, 0.2) is 53.4 Å². The van der Waals surface area contributed by atoms with Crippen molar-refractivity contribution in [2.75, 3.05) is 0 Å². The van der Waals surface area contributed by atoms with E-state index in [1.807, 2.05) is 0 Å². The Morgan fingerprint density at radius 3 is 1.34 bits per heavy atom. The summed E-state index contributed by atoms with van der Waals surface area (Å²) in [5, 5.41) is -0.0882. The largest absolute Gasteiger partial charge is 0.287 e. The molecule has 0 unspecified atom stereocenters. The molecule has 4 aromatic carbocycles. The van der Waals surface area contributed by atoms with Crippen LogP contribution >= 0.6 is 11.8 Å². The van der Waals surface area contributed by atoms with E-state index in [1.165, 1.54) is 19.1 Å². The van der Waals surface area contributed by atoms with Gasteiger partial charge in [0.05, 0.1) is 11.1 Å². The van der Waals surface area contributed by atoms with Crippen LogP contribution in [0.2, 0.25) is 0 Å². The second kappa shape index (κ2) is 10.6. The fraction of sp³-hybridized carbons (Fsp3) is 0.0741. The highest BCUT2D eigenvalue weighted by Gasteiger charge is 2.34. The average Bonchev–Trinajstić information content (AvgIpc) is 2.90. The van der Waals surface area contributed by atoms with Crippen molar-refractivity contribution >= 4 is 16.9 Å². The van der Waals surface area contributed by atoms with Crippen LogP contribution in [-0.4, -0.2) is 5.12 Å². The number of thioether (sulfide) groups is 1. The van der Waals surface area contributed by atoms with E-state index in [4.69, 9.17) is 0 Å². The van der Waals surface area contributed by atoms with E-state index in [2.05, 4.69) is 0 Å². The number of benzene rings is 4. The molecule has 1 nitrogen and oxygen atoms in total. The maximum absolute atomic E-state index is 14.8. The van der Waals surface area contributed by atoms with E-state index in [0.29, 0.717) is 5.56 Å². The Kier molecular flexibility index (Phi) is 7.59. The normalized spacial score (nSPS) is 11.2. The molecule has 0 aliphatic heterocycles. The smallest absolute Gasteiger partial charge is 0.200 e. The van der Waals surface area contributed by atoms with Crippen molar-refractivity contribution in [1.29, 1.82) is 0 Å². The average molecular weight is 556 g/mol. The molecule has 0 fully saturated rings. The van der Waals surface area contributed by atoms with Crippen molar-refractivity contribution in [1.82, 2.24) is 0 Å². The molecule has 0 bridgehead atoms. The lowest BCUT2D eigenvalue weighted by Crippen LogP contribution is -2.11. The van der Waals surface area contributed by atoms with Crippen LogP contribution in [0.3, 0.4) is 0 Å². The van der Waals surface area contributed by atoms with Crippen LogP contribution in [-0.2, 0) is 11.2 Å². The molecule has 0 aliphatic carbocycles. The van der Waals surface area contributed by atoms with Crippen LogP contribution in [0.4, 0.5) is 39.5 Å². The molecule has 0 aliphatic rings. The molecule has 0 heterocycles. The first-order valence-electron chi connectivity index (χ1n) is 10.7. The Balaban J connectivity index is 1.69. The molecule has 196 valence electrons. The summed E-state index contributed by atoms with van der Waals surface area (Å²) >= 11 is 1.05. The Labute approximate surface area is 213 Å². The van der Waals surface area contributed by atoms with Gasteiger partial charge in [-0.15, -0.1) is 0 Å². The lowest BCUT2D eigenvalue weighted by atomic mass is 9.95.